The van der Waals surface area contributed by atoms with Crippen LogP contribution in [0.5, 0.6) is 5.75 Å². The molecule has 1 fully saturated rings. The van der Waals surface area contributed by atoms with Crippen LogP contribution < -0.4 is 15.4 Å². The van der Waals surface area contributed by atoms with Crippen molar-refractivity contribution in [1.82, 2.24) is 15.5 Å². The van der Waals surface area contributed by atoms with E-state index in [0.29, 0.717) is 42.8 Å². The maximum absolute atomic E-state index is 13.3. The fraction of sp³-hybridized carbons (Fsp3) is 0.464. The highest BCUT2D eigenvalue weighted by molar-refractivity contribution is 5.98. The second-order valence-electron chi connectivity index (χ2n) is 9.72. The Morgan fingerprint density at radius 1 is 0.886 bits per heavy atom. The first-order chi connectivity index (χ1) is 16.7. The van der Waals surface area contributed by atoms with E-state index in [-0.39, 0.29) is 35.6 Å². The summed E-state index contributed by atoms with van der Waals surface area (Å²) in [5.74, 6) is 0.372. The Hall–Kier alpha value is -3.35. The predicted molar refractivity (Wildman–Crippen MR) is 136 cm³/mol. The summed E-state index contributed by atoms with van der Waals surface area (Å²) in [6, 6.07) is 13.7. The standard InChI is InChI=1S/C28H37N3O4/c1-18(2)20(4)29-27(33)25(30-26(32)22-10-12-24(35-5)13-11-22)21-14-16-31(17-15-21)28(34)23-8-6-19(3)7-9-23/h6-13,18,20-21,25H,14-17H2,1-5H3,(H,29,33)(H,30,32)/t20-,25-/m1/s1. The average molecular weight is 480 g/mol. The van der Waals surface area contributed by atoms with E-state index in [1.165, 1.54) is 0 Å². The Kier molecular flexibility index (Phi) is 8.90. The van der Waals surface area contributed by atoms with Crippen molar-refractivity contribution < 1.29 is 19.1 Å². The Labute approximate surface area is 208 Å². The molecule has 1 saturated heterocycles. The van der Waals surface area contributed by atoms with Crippen LogP contribution in [0.2, 0.25) is 0 Å². The molecule has 35 heavy (non-hydrogen) atoms. The van der Waals surface area contributed by atoms with E-state index in [9.17, 15) is 14.4 Å². The SMILES string of the molecule is COc1ccc(C(=O)N[C@@H](C(=O)N[C@H](C)C(C)C)C2CCN(C(=O)c3ccc(C)cc3)CC2)cc1. The number of nitrogens with one attached hydrogen (secondary N) is 2. The molecule has 0 aromatic heterocycles. The van der Waals surface area contributed by atoms with Gasteiger partial charge in [0.1, 0.15) is 11.8 Å². The number of aryl methyl sites for hydroxylation is 1. The van der Waals surface area contributed by atoms with Crippen molar-refractivity contribution in [2.45, 2.75) is 52.6 Å². The molecule has 1 aliphatic heterocycles. The second kappa shape index (κ2) is 11.9. The molecule has 0 spiro atoms. The van der Waals surface area contributed by atoms with Crippen molar-refractivity contribution in [1.29, 1.82) is 0 Å². The summed E-state index contributed by atoms with van der Waals surface area (Å²) in [6.45, 7) is 9.13. The molecule has 3 amide bonds. The van der Waals surface area contributed by atoms with Gasteiger partial charge in [-0.05, 0) is 74.9 Å². The molecule has 1 aliphatic rings. The lowest BCUT2D eigenvalue weighted by Crippen LogP contribution is -2.55. The summed E-state index contributed by atoms with van der Waals surface area (Å²) < 4.78 is 5.17. The smallest absolute Gasteiger partial charge is 0.253 e. The van der Waals surface area contributed by atoms with Crippen LogP contribution in [0.3, 0.4) is 0 Å². The van der Waals surface area contributed by atoms with Crippen LogP contribution in [0, 0.1) is 18.8 Å². The lowest BCUT2D eigenvalue weighted by Gasteiger charge is -2.36. The minimum atomic E-state index is -0.678. The number of nitrogens with zero attached hydrogens (tertiary/aromatic N) is 1. The minimum absolute atomic E-state index is 0.000139. The number of rotatable bonds is 8. The molecule has 7 heteroatoms. The second-order valence-corrected chi connectivity index (χ2v) is 9.72. The summed E-state index contributed by atoms with van der Waals surface area (Å²) in [5, 5.41) is 6.03. The van der Waals surface area contributed by atoms with Crippen LogP contribution in [0.25, 0.3) is 0 Å². The zero-order valence-electron chi connectivity index (χ0n) is 21.3. The quantitative estimate of drug-likeness (QED) is 0.603. The van der Waals surface area contributed by atoms with Crippen molar-refractivity contribution in [3.8, 4) is 5.75 Å². The third-order valence-corrected chi connectivity index (χ3v) is 6.89. The summed E-state index contributed by atoms with van der Waals surface area (Å²) in [5.41, 5.74) is 2.24. The van der Waals surface area contributed by atoms with E-state index in [1.807, 2.05) is 56.9 Å². The normalized spacial score (nSPS) is 15.9. The first-order valence-electron chi connectivity index (χ1n) is 12.3. The largest absolute Gasteiger partial charge is 0.497 e. The van der Waals surface area contributed by atoms with Crippen molar-refractivity contribution in [2.75, 3.05) is 20.2 Å². The predicted octanol–water partition coefficient (Wildman–Crippen LogP) is 3.82. The Bertz CT molecular complexity index is 1010. The molecule has 1 heterocycles. The fourth-order valence-corrected chi connectivity index (χ4v) is 4.16. The van der Waals surface area contributed by atoms with Gasteiger partial charge in [0.25, 0.3) is 11.8 Å². The highest BCUT2D eigenvalue weighted by Gasteiger charge is 2.35. The average Bonchev–Trinajstić information content (AvgIpc) is 2.87. The third-order valence-electron chi connectivity index (χ3n) is 6.89. The van der Waals surface area contributed by atoms with Gasteiger partial charge in [-0.15, -0.1) is 0 Å². The lowest BCUT2D eigenvalue weighted by molar-refractivity contribution is -0.125. The summed E-state index contributed by atoms with van der Waals surface area (Å²) in [6.07, 6.45) is 1.27. The topological polar surface area (TPSA) is 87.7 Å². The Balaban J connectivity index is 1.71. The van der Waals surface area contributed by atoms with Gasteiger partial charge < -0.3 is 20.3 Å². The van der Waals surface area contributed by atoms with Gasteiger partial charge in [0.2, 0.25) is 5.91 Å². The molecule has 0 aliphatic carbocycles. The van der Waals surface area contributed by atoms with Crippen LogP contribution in [0.15, 0.2) is 48.5 Å². The number of likely N-dealkylation sites (tertiary alicyclic amines) is 1. The molecule has 0 bridgehead atoms. The molecule has 0 saturated carbocycles. The molecule has 2 atom stereocenters. The highest BCUT2D eigenvalue weighted by Crippen LogP contribution is 2.24. The number of ether oxygens (including phenoxy) is 1. The zero-order chi connectivity index (χ0) is 25.5. The fourth-order valence-electron chi connectivity index (χ4n) is 4.16. The van der Waals surface area contributed by atoms with Crippen molar-refractivity contribution >= 4 is 17.7 Å². The van der Waals surface area contributed by atoms with Crippen molar-refractivity contribution in [3.63, 3.8) is 0 Å². The number of benzene rings is 2. The van der Waals surface area contributed by atoms with Gasteiger partial charge in [-0.1, -0.05) is 31.5 Å². The van der Waals surface area contributed by atoms with Gasteiger partial charge in [0, 0.05) is 30.3 Å². The molecule has 7 nitrogen and oxygen atoms in total. The van der Waals surface area contributed by atoms with Crippen LogP contribution in [-0.4, -0.2) is 54.9 Å². The minimum Gasteiger partial charge on any atom is -0.497 e. The van der Waals surface area contributed by atoms with Crippen LogP contribution in [0.4, 0.5) is 0 Å². The first kappa shape index (κ1) is 26.3. The molecule has 2 aromatic carbocycles. The maximum atomic E-state index is 13.3. The molecule has 2 aromatic rings. The molecule has 0 unspecified atom stereocenters. The number of hydrogen-bond donors (Lipinski definition) is 2. The van der Waals surface area contributed by atoms with Gasteiger partial charge >= 0.3 is 0 Å². The van der Waals surface area contributed by atoms with Gasteiger partial charge in [0.15, 0.2) is 0 Å². The summed E-state index contributed by atoms with van der Waals surface area (Å²) >= 11 is 0. The summed E-state index contributed by atoms with van der Waals surface area (Å²) in [7, 11) is 1.57. The monoisotopic (exact) mass is 479 g/mol. The van der Waals surface area contributed by atoms with Gasteiger partial charge in [-0.3, -0.25) is 14.4 Å². The van der Waals surface area contributed by atoms with Crippen LogP contribution in [-0.2, 0) is 4.79 Å². The molecule has 188 valence electrons. The van der Waals surface area contributed by atoms with Gasteiger partial charge in [-0.25, -0.2) is 0 Å². The molecular weight excluding hydrogens is 442 g/mol. The zero-order valence-corrected chi connectivity index (χ0v) is 21.3. The van der Waals surface area contributed by atoms with Crippen molar-refractivity contribution in [3.05, 3.63) is 65.2 Å². The Morgan fingerprint density at radius 3 is 2.00 bits per heavy atom. The molecule has 0 radical (unpaired) electrons. The summed E-state index contributed by atoms with van der Waals surface area (Å²) in [4.78, 5) is 41.0. The van der Waals surface area contributed by atoms with E-state index in [0.717, 1.165) is 5.56 Å². The first-order valence-corrected chi connectivity index (χ1v) is 12.3. The van der Waals surface area contributed by atoms with Crippen molar-refractivity contribution in [2.24, 2.45) is 11.8 Å². The number of carbonyl (C=O) groups is 3. The molecule has 2 N–H and O–H groups in total. The van der Waals surface area contributed by atoms with E-state index in [4.69, 9.17) is 4.74 Å². The maximum Gasteiger partial charge on any atom is 0.253 e. The van der Waals surface area contributed by atoms with Gasteiger partial charge in [0.05, 0.1) is 7.11 Å². The number of hydrogen-bond acceptors (Lipinski definition) is 4. The molecule has 3 rings (SSSR count). The number of piperidine rings is 1. The van der Waals surface area contributed by atoms with E-state index < -0.39 is 6.04 Å². The van der Waals surface area contributed by atoms with E-state index >= 15 is 0 Å². The van der Waals surface area contributed by atoms with Crippen LogP contribution >= 0.6 is 0 Å². The number of methoxy groups -OCH3 is 1. The highest BCUT2D eigenvalue weighted by atomic mass is 16.5. The van der Waals surface area contributed by atoms with Gasteiger partial charge in [-0.2, -0.15) is 0 Å². The number of amides is 3. The third kappa shape index (κ3) is 6.84. The number of carbonyl (C=O) groups excluding carboxylic acids is 3. The Morgan fingerprint density at radius 2 is 1.46 bits per heavy atom. The van der Waals surface area contributed by atoms with E-state index in [1.54, 1.807) is 31.4 Å². The van der Waals surface area contributed by atoms with Crippen LogP contribution in [0.1, 0.15) is 59.9 Å². The molecular formula is C28H37N3O4. The van der Waals surface area contributed by atoms with E-state index in [2.05, 4.69) is 10.6 Å². The lowest BCUT2D eigenvalue weighted by atomic mass is 9.87.